The van der Waals surface area contributed by atoms with Crippen LogP contribution in [0.4, 0.5) is 16.2 Å². The summed E-state index contributed by atoms with van der Waals surface area (Å²) >= 11 is 12.6. The molecule has 190 valence electrons. The first kappa shape index (κ1) is 25.0. The number of hydrogen-bond acceptors (Lipinski definition) is 7. The van der Waals surface area contributed by atoms with Crippen LogP contribution in [0.2, 0.25) is 10.0 Å². The fraction of sp³-hybridized carbons (Fsp3) is 0.600. The highest BCUT2D eigenvalue weighted by molar-refractivity contribution is 6.33. The van der Waals surface area contributed by atoms with Crippen LogP contribution in [0.3, 0.4) is 0 Å². The molecule has 0 bridgehead atoms. The molecule has 0 radical (unpaired) electrons. The van der Waals surface area contributed by atoms with Gasteiger partial charge in [0.1, 0.15) is 10.8 Å². The first-order valence-corrected chi connectivity index (χ1v) is 13.2. The van der Waals surface area contributed by atoms with Crippen LogP contribution in [0, 0.1) is 17.7 Å². The smallest absolute Gasteiger partial charge is 0.227 e. The zero-order chi connectivity index (χ0) is 24.5. The minimum atomic E-state index is -0.363. The van der Waals surface area contributed by atoms with Crippen molar-refractivity contribution < 1.29 is 9.50 Å². The number of likely N-dealkylation sites (tertiary alicyclic amines) is 2. The van der Waals surface area contributed by atoms with Crippen molar-refractivity contribution in [3.8, 4) is 0 Å². The number of benzene rings is 1. The largest absolute Gasteiger partial charge is 0.395 e. The summed E-state index contributed by atoms with van der Waals surface area (Å²) in [5.41, 5.74) is 0.779. The van der Waals surface area contributed by atoms with Crippen LogP contribution in [-0.2, 0) is 0 Å². The van der Waals surface area contributed by atoms with Crippen molar-refractivity contribution >= 4 is 35.0 Å². The van der Waals surface area contributed by atoms with Gasteiger partial charge in [-0.1, -0.05) is 29.3 Å². The van der Waals surface area contributed by atoms with Crippen LogP contribution >= 0.6 is 23.2 Å². The molecule has 1 aromatic heterocycles. The molecule has 0 spiro atoms. The van der Waals surface area contributed by atoms with Gasteiger partial charge in [0.25, 0.3) is 0 Å². The number of nitrogens with zero attached hydrogens (tertiary/aromatic N) is 5. The highest BCUT2D eigenvalue weighted by Crippen LogP contribution is 2.35. The Hall–Kier alpha value is -1.71. The molecule has 4 heterocycles. The first-order chi connectivity index (χ1) is 16.9. The van der Waals surface area contributed by atoms with Gasteiger partial charge in [-0.3, -0.25) is 9.80 Å². The van der Waals surface area contributed by atoms with Gasteiger partial charge in [0, 0.05) is 50.3 Å². The summed E-state index contributed by atoms with van der Waals surface area (Å²) in [7, 11) is 0. The van der Waals surface area contributed by atoms with E-state index in [1.165, 1.54) is 38.1 Å². The molecule has 3 saturated heterocycles. The molecule has 2 N–H and O–H groups in total. The number of aliphatic hydroxyl groups is 1. The van der Waals surface area contributed by atoms with Crippen LogP contribution in [0.15, 0.2) is 24.4 Å². The van der Waals surface area contributed by atoms with Crippen molar-refractivity contribution in [2.45, 2.75) is 31.8 Å². The Morgan fingerprint density at radius 3 is 2.69 bits per heavy atom. The number of anilines is 2. The van der Waals surface area contributed by atoms with E-state index in [4.69, 9.17) is 33.3 Å². The number of halogens is 3. The molecule has 10 heteroatoms. The highest BCUT2D eigenvalue weighted by atomic mass is 35.5. The summed E-state index contributed by atoms with van der Waals surface area (Å²) in [5, 5.41) is 13.2. The van der Waals surface area contributed by atoms with Crippen molar-refractivity contribution in [1.29, 1.82) is 0 Å². The van der Waals surface area contributed by atoms with Crippen molar-refractivity contribution in [1.82, 2.24) is 19.8 Å². The fourth-order valence-electron chi connectivity index (χ4n) is 5.58. The van der Waals surface area contributed by atoms with Crippen LogP contribution in [0.25, 0.3) is 0 Å². The van der Waals surface area contributed by atoms with E-state index < -0.39 is 0 Å². The predicted molar refractivity (Wildman–Crippen MR) is 138 cm³/mol. The molecule has 2 atom stereocenters. The Bertz CT molecular complexity index is 1030. The summed E-state index contributed by atoms with van der Waals surface area (Å²) in [6, 6.07) is 4.83. The third-order valence-electron chi connectivity index (χ3n) is 7.73. The number of hydrogen-bond donors (Lipinski definition) is 2. The van der Waals surface area contributed by atoms with Crippen molar-refractivity contribution in [3.05, 3.63) is 45.8 Å². The molecule has 5 rings (SSSR count). The summed E-state index contributed by atoms with van der Waals surface area (Å²) in [5.74, 6) is 2.22. The molecule has 3 fully saturated rings. The summed E-state index contributed by atoms with van der Waals surface area (Å²) in [4.78, 5) is 16.4. The van der Waals surface area contributed by atoms with Crippen molar-refractivity contribution in [2.75, 3.05) is 62.6 Å². The van der Waals surface area contributed by atoms with Gasteiger partial charge in [-0.15, -0.1) is 0 Å². The molecular weight excluding hydrogens is 490 g/mol. The second-order valence-corrected chi connectivity index (χ2v) is 10.9. The lowest BCUT2D eigenvalue weighted by Gasteiger charge is -2.51. The average Bonchev–Trinajstić information content (AvgIpc) is 2.77. The van der Waals surface area contributed by atoms with Crippen molar-refractivity contribution in [2.24, 2.45) is 11.8 Å². The number of nitrogens with one attached hydrogen (secondary N) is 1. The topological polar surface area (TPSA) is 67.8 Å². The second kappa shape index (κ2) is 10.7. The van der Waals surface area contributed by atoms with E-state index in [1.54, 1.807) is 12.3 Å². The molecule has 0 aliphatic carbocycles. The highest BCUT2D eigenvalue weighted by Gasteiger charge is 2.40. The Morgan fingerprint density at radius 2 is 1.94 bits per heavy atom. The minimum absolute atomic E-state index is 0.194. The third kappa shape index (κ3) is 5.52. The normalized spacial score (nSPS) is 23.1. The number of piperidine rings is 1. The lowest BCUT2D eigenvalue weighted by atomic mass is 9.80. The minimum Gasteiger partial charge on any atom is -0.395 e. The zero-order valence-corrected chi connectivity index (χ0v) is 21.5. The van der Waals surface area contributed by atoms with Crippen LogP contribution < -0.4 is 10.2 Å². The van der Waals surface area contributed by atoms with E-state index in [1.807, 2.05) is 6.92 Å². The van der Waals surface area contributed by atoms with Gasteiger partial charge in [-0.25, -0.2) is 9.37 Å². The molecule has 1 aromatic carbocycles. The Labute approximate surface area is 216 Å². The van der Waals surface area contributed by atoms with Gasteiger partial charge in [-0.2, -0.15) is 4.98 Å². The Morgan fingerprint density at radius 1 is 1.14 bits per heavy atom. The molecule has 2 unspecified atom stereocenters. The van der Waals surface area contributed by atoms with Gasteiger partial charge >= 0.3 is 0 Å². The molecule has 2 aromatic rings. The zero-order valence-electron chi connectivity index (χ0n) is 20.0. The molecule has 0 amide bonds. The quantitative estimate of drug-likeness (QED) is 0.544. The number of β-amino-alcohol motifs (C(OH)–C–C–N with tert-alkyl or cyclic N) is 1. The first-order valence-electron chi connectivity index (χ1n) is 12.5. The summed E-state index contributed by atoms with van der Waals surface area (Å²) in [6.45, 7) is 9.42. The SMILES string of the molecule is CC(Nc1nc(N2CC(C3CCCN(C4CN(CCO)C4)C3)C2)ncc1Cl)c1ccc(F)cc1Cl. The van der Waals surface area contributed by atoms with Gasteiger partial charge < -0.3 is 15.3 Å². The fourth-order valence-corrected chi connectivity index (χ4v) is 6.05. The lowest BCUT2D eigenvalue weighted by molar-refractivity contribution is -0.00709. The lowest BCUT2D eigenvalue weighted by Crippen LogP contribution is -2.63. The molecule has 35 heavy (non-hydrogen) atoms. The van der Waals surface area contributed by atoms with Gasteiger partial charge in [0.05, 0.1) is 18.8 Å². The molecule has 7 nitrogen and oxygen atoms in total. The third-order valence-corrected chi connectivity index (χ3v) is 8.34. The average molecular weight is 523 g/mol. The molecule has 3 aliphatic rings. The van der Waals surface area contributed by atoms with Crippen molar-refractivity contribution in [3.63, 3.8) is 0 Å². The standard InChI is InChI=1S/C25H33Cl2FN6O/c1-16(21-5-4-19(28)9-22(21)26)30-24-23(27)10-29-25(31-24)34-12-18(13-34)17-3-2-6-33(11-17)20-14-32(15-20)7-8-35/h4-5,9-10,16-18,20,35H,2-3,6-8,11-15H2,1H3,(H,29,30,31). The number of aliphatic hydroxyl groups excluding tert-OH is 1. The van der Waals surface area contributed by atoms with E-state index in [2.05, 4.69) is 25.0 Å². The molecular formula is C25H33Cl2FN6O. The monoisotopic (exact) mass is 522 g/mol. The van der Waals surface area contributed by atoms with Crippen LogP contribution in [0.5, 0.6) is 0 Å². The van der Waals surface area contributed by atoms with Gasteiger partial charge in [-0.05, 0) is 55.8 Å². The summed E-state index contributed by atoms with van der Waals surface area (Å²) in [6.07, 6.45) is 4.18. The van der Waals surface area contributed by atoms with E-state index in [0.717, 1.165) is 38.3 Å². The summed E-state index contributed by atoms with van der Waals surface area (Å²) < 4.78 is 13.4. The molecule has 0 saturated carbocycles. The Balaban J connectivity index is 1.16. The maximum Gasteiger partial charge on any atom is 0.227 e. The maximum absolute atomic E-state index is 13.4. The number of aromatic nitrogens is 2. The Kier molecular flexibility index (Phi) is 7.65. The van der Waals surface area contributed by atoms with Crippen LogP contribution in [0.1, 0.15) is 31.4 Å². The van der Waals surface area contributed by atoms with E-state index in [9.17, 15) is 4.39 Å². The van der Waals surface area contributed by atoms with Gasteiger partial charge in [0.2, 0.25) is 5.95 Å². The van der Waals surface area contributed by atoms with E-state index in [-0.39, 0.29) is 18.5 Å². The number of rotatable bonds is 8. The van der Waals surface area contributed by atoms with E-state index in [0.29, 0.717) is 39.7 Å². The van der Waals surface area contributed by atoms with E-state index >= 15 is 0 Å². The van der Waals surface area contributed by atoms with Crippen LogP contribution in [-0.4, -0.2) is 83.3 Å². The predicted octanol–water partition coefficient (Wildman–Crippen LogP) is 3.92. The van der Waals surface area contributed by atoms with Gasteiger partial charge in [0.15, 0.2) is 5.82 Å². The maximum atomic E-state index is 13.4. The molecule has 3 aliphatic heterocycles. The second-order valence-electron chi connectivity index (χ2n) is 10.1.